The smallest absolute Gasteiger partial charge is 0.209 e. The van der Waals surface area contributed by atoms with E-state index in [1.54, 1.807) is 0 Å². The maximum absolute atomic E-state index is 2.66. The lowest BCUT2D eigenvalue weighted by molar-refractivity contribution is -0.403. The summed E-state index contributed by atoms with van der Waals surface area (Å²) in [5.41, 5.74) is 8.48. The summed E-state index contributed by atoms with van der Waals surface area (Å²) >= 11 is 5.31. The van der Waals surface area contributed by atoms with Crippen molar-refractivity contribution in [2.45, 2.75) is 46.4 Å². The van der Waals surface area contributed by atoms with E-state index in [4.69, 9.17) is 0 Å². The third kappa shape index (κ3) is 3.54. The number of allylic oxidation sites excluding steroid dienone is 2. The highest BCUT2D eigenvalue weighted by molar-refractivity contribution is 14.1. The molecule has 0 saturated carbocycles. The van der Waals surface area contributed by atoms with E-state index in [2.05, 4.69) is 151 Å². The number of nitrogens with zero attached hydrogens (tertiary/aromatic N) is 2. The molecule has 2 heterocycles. The van der Waals surface area contributed by atoms with Crippen LogP contribution in [0.3, 0.4) is 0 Å². The van der Waals surface area contributed by atoms with Crippen molar-refractivity contribution in [2.24, 2.45) is 0 Å². The molecule has 0 aliphatic carbocycles. The number of anilines is 1. The fourth-order valence-electron chi connectivity index (χ4n) is 5.20. The Labute approximate surface area is 214 Å². The predicted octanol–water partition coefficient (Wildman–Crippen LogP) is 3.62. The summed E-state index contributed by atoms with van der Waals surface area (Å²) in [4.78, 5) is 2.38. The number of halogens is 3. The van der Waals surface area contributed by atoms with Crippen LogP contribution in [0.15, 0.2) is 60.3 Å². The van der Waals surface area contributed by atoms with Crippen molar-refractivity contribution in [1.82, 2.24) is 0 Å². The van der Waals surface area contributed by atoms with Gasteiger partial charge in [-0.15, -0.1) is 0 Å². The minimum absolute atomic E-state index is 0. The molecule has 2 aliphatic rings. The summed E-state index contributed by atoms with van der Waals surface area (Å²) in [7, 11) is 4.44. The van der Waals surface area contributed by atoms with Gasteiger partial charge in [0, 0.05) is 35.5 Å². The summed E-state index contributed by atoms with van der Waals surface area (Å²) in [5, 5.41) is 0. The summed E-state index contributed by atoms with van der Waals surface area (Å²) < 4.78 is 3.22. The number of fused-ring (bicyclic) bond motifs is 2. The maximum Gasteiger partial charge on any atom is 0.209 e. The number of hydrogen-bond acceptors (Lipinski definition) is 1. The number of benzene rings is 2. The van der Waals surface area contributed by atoms with Gasteiger partial charge in [-0.3, -0.25) is 0 Å². The van der Waals surface area contributed by atoms with Gasteiger partial charge in [-0.2, -0.15) is 0 Å². The Balaban J connectivity index is 0.00000256. The second-order valence-electron chi connectivity index (χ2n) is 9.19. The van der Waals surface area contributed by atoms with Crippen molar-refractivity contribution >= 4 is 62.3 Å². The van der Waals surface area contributed by atoms with Gasteiger partial charge in [0.15, 0.2) is 5.71 Å². The molecule has 0 bridgehead atoms. The monoisotopic (exact) mass is 646 g/mol. The molecule has 2 atom stereocenters. The Bertz CT molecular complexity index is 1040. The van der Waals surface area contributed by atoms with E-state index in [1.807, 2.05) is 0 Å². The van der Waals surface area contributed by atoms with Crippen molar-refractivity contribution in [3.8, 4) is 0 Å². The van der Waals surface area contributed by atoms with Gasteiger partial charge in [0.05, 0.1) is 9.34 Å². The van der Waals surface area contributed by atoms with Crippen molar-refractivity contribution in [3.63, 3.8) is 0 Å². The van der Waals surface area contributed by atoms with Crippen molar-refractivity contribution in [2.75, 3.05) is 19.0 Å². The molecule has 0 radical (unpaired) electrons. The van der Waals surface area contributed by atoms with Gasteiger partial charge in [-0.25, -0.2) is 4.58 Å². The largest absolute Gasteiger partial charge is 1.00 e. The van der Waals surface area contributed by atoms with Crippen LogP contribution in [0.1, 0.15) is 38.8 Å². The number of rotatable bonds is 3. The molecule has 0 N–H and O–H groups in total. The van der Waals surface area contributed by atoms with Crippen molar-refractivity contribution in [1.29, 1.82) is 0 Å². The first kappa shape index (κ1) is 24.1. The van der Waals surface area contributed by atoms with Crippen LogP contribution in [0, 0.1) is 0 Å². The van der Waals surface area contributed by atoms with E-state index >= 15 is 0 Å². The van der Waals surface area contributed by atoms with Crippen molar-refractivity contribution in [3.05, 3.63) is 71.4 Å². The van der Waals surface area contributed by atoms with Crippen molar-refractivity contribution < 1.29 is 17.0 Å². The van der Waals surface area contributed by atoms with Gasteiger partial charge in [-0.05, 0) is 31.6 Å². The number of likely N-dealkylation sites (N-methyl/N-ethyl adjacent to an activating group) is 1. The first-order valence-corrected chi connectivity index (χ1v) is 12.6. The minimum atomic E-state index is 0. The zero-order valence-corrected chi connectivity index (χ0v) is 23.5. The highest BCUT2D eigenvalue weighted by Gasteiger charge is 2.49. The zero-order valence-electron chi connectivity index (χ0n) is 18.4. The predicted molar refractivity (Wildman–Crippen MR) is 142 cm³/mol. The van der Waals surface area contributed by atoms with Crippen LogP contribution in [0.4, 0.5) is 11.4 Å². The lowest BCUT2D eigenvalue weighted by Gasteiger charge is -2.27. The van der Waals surface area contributed by atoms with Crippen LogP contribution in [0.2, 0.25) is 0 Å². The van der Waals surface area contributed by atoms with E-state index in [-0.39, 0.29) is 23.2 Å². The molecule has 5 heteroatoms. The van der Waals surface area contributed by atoms with Crippen LogP contribution >= 0.6 is 45.2 Å². The van der Waals surface area contributed by atoms with Crippen LogP contribution in [-0.4, -0.2) is 32.2 Å². The van der Waals surface area contributed by atoms with Gasteiger partial charge in [0.1, 0.15) is 11.0 Å². The number of alkyl halides is 2. The first-order valence-electron chi connectivity index (χ1n) is 10.1. The van der Waals surface area contributed by atoms with Crippen LogP contribution < -0.4 is 17.3 Å². The summed E-state index contributed by atoms with van der Waals surface area (Å²) in [5.74, 6) is 0. The normalized spacial score (nSPS) is 21.9. The molecule has 0 aromatic heterocycles. The third-order valence-electron chi connectivity index (χ3n) is 6.74. The molecule has 0 spiro atoms. The van der Waals surface area contributed by atoms with Gasteiger partial charge < -0.3 is 17.3 Å². The van der Waals surface area contributed by atoms with E-state index in [9.17, 15) is 0 Å². The Hall–Kier alpha value is -0.600. The van der Waals surface area contributed by atoms with E-state index in [0.29, 0.717) is 7.85 Å². The molecule has 2 nitrogen and oxygen atoms in total. The third-order valence-corrected chi connectivity index (χ3v) is 10.6. The van der Waals surface area contributed by atoms with Gasteiger partial charge in [0.25, 0.3) is 0 Å². The molecular formula is C25H29ClI2N2. The highest BCUT2D eigenvalue weighted by atomic mass is 127. The van der Waals surface area contributed by atoms with Gasteiger partial charge in [0.2, 0.25) is 5.69 Å². The zero-order chi connectivity index (χ0) is 21.1. The van der Waals surface area contributed by atoms with E-state index in [0.717, 1.165) is 0 Å². The molecular weight excluding hydrogens is 618 g/mol. The molecule has 2 unspecified atom stereocenters. The quantitative estimate of drug-likeness (QED) is 0.281. The van der Waals surface area contributed by atoms with Crippen LogP contribution in [0.25, 0.3) is 0 Å². The lowest BCUT2D eigenvalue weighted by atomic mass is 9.79. The Morgan fingerprint density at radius 1 is 0.900 bits per heavy atom. The average Bonchev–Trinajstić information content (AvgIpc) is 3.01. The second-order valence-corrected chi connectivity index (χ2v) is 12.0. The molecule has 0 amide bonds. The first-order chi connectivity index (χ1) is 13.6. The molecule has 0 fully saturated rings. The molecule has 2 aliphatic heterocycles. The fourth-order valence-corrected chi connectivity index (χ4v) is 7.28. The number of para-hydroxylation sites is 2. The van der Waals surface area contributed by atoms with Gasteiger partial charge >= 0.3 is 0 Å². The molecule has 2 aromatic rings. The Morgan fingerprint density at radius 3 is 2.07 bits per heavy atom. The molecule has 30 heavy (non-hydrogen) atoms. The Kier molecular flexibility index (Phi) is 6.73. The molecule has 160 valence electrons. The van der Waals surface area contributed by atoms with E-state index < -0.39 is 0 Å². The van der Waals surface area contributed by atoms with E-state index in [1.165, 1.54) is 33.9 Å². The highest BCUT2D eigenvalue weighted by Crippen LogP contribution is 2.48. The topological polar surface area (TPSA) is 6.25 Å². The van der Waals surface area contributed by atoms with Crippen LogP contribution in [-0.2, 0) is 10.8 Å². The SMILES string of the molecule is CN1/C(=C\C(I)C(I)C2=[N+](C)c3ccccc3C2(C)C)C(C)(C)c2ccccc21.[Cl-]. The molecule has 4 rings (SSSR count). The fraction of sp³-hybridized carbons (Fsp3) is 0.400. The second kappa shape index (κ2) is 8.39. The Morgan fingerprint density at radius 2 is 1.47 bits per heavy atom. The summed E-state index contributed by atoms with van der Waals surface area (Å²) in [6, 6.07) is 17.6. The number of hydrogen-bond donors (Lipinski definition) is 0. The van der Waals surface area contributed by atoms with Gasteiger partial charge in [-0.1, -0.05) is 95.4 Å². The average molecular weight is 647 g/mol. The maximum atomic E-state index is 2.66. The summed E-state index contributed by atoms with van der Waals surface area (Å²) in [6.07, 6.45) is 2.50. The molecule has 0 saturated heterocycles. The standard InChI is InChI=1S/C25H29I2N2.ClH/c1-24(2)16-11-7-9-13-19(16)28(5)21(24)15-18(26)22(27)23-25(3,4)17-12-8-10-14-20(17)29(23)6;/h7-15,18,22H,1-6H3;1H/q+1;/p-1/b21-15-;. The molecule has 2 aromatic carbocycles. The lowest BCUT2D eigenvalue weighted by Crippen LogP contribution is -3.00. The van der Waals surface area contributed by atoms with Crippen LogP contribution in [0.5, 0.6) is 0 Å². The summed E-state index contributed by atoms with van der Waals surface area (Å²) in [6.45, 7) is 9.44. The minimum Gasteiger partial charge on any atom is -1.00 e.